The highest BCUT2D eigenvalue weighted by atomic mass is 35.5. The van der Waals surface area contributed by atoms with Crippen LogP contribution in [-0.4, -0.2) is 64.8 Å². The van der Waals surface area contributed by atoms with Crippen molar-refractivity contribution in [2.75, 3.05) is 44.9 Å². The van der Waals surface area contributed by atoms with Crippen LogP contribution in [0.3, 0.4) is 0 Å². The average Bonchev–Trinajstić information content (AvgIpc) is 2.84. The summed E-state index contributed by atoms with van der Waals surface area (Å²) in [6.07, 6.45) is 1.59. The van der Waals surface area contributed by atoms with Gasteiger partial charge in [-0.15, -0.1) is 4.73 Å². The van der Waals surface area contributed by atoms with Crippen molar-refractivity contribution < 1.29 is 9.63 Å². The van der Waals surface area contributed by atoms with E-state index in [1.54, 1.807) is 30.5 Å². The first-order valence-corrected chi connectivity index (χ1v) is 12.1. The molecule has 0 aliphatic heterocycles. The molecular weight excluding hydrogens is 541 g/mol. The highest BCUT2D eigenvalue weighted by molar-refractivity contribution is 6.34. The van der Waals surface area contributed by atoms with Crippen LogP contribution in [0.2, 0.25) is 15.3 Å². The van der Waals surface area contributed by atoms with Gasteiger partial charge in [0.15, 0.2) is 5.65 Å². The number of rotatable bonds is 8. The monoisotopic (exact) mass is 561 g/mol. The molecule has 0 saturated carbocycles. The van der Waals surface area contributed by atoms with Gasteiger partial charge in [-0.25, -0.2) is 9.97 Å². The summed E-state index contributed by atoms with van der Waals surface area (Å²) in [4.78, 5) is 46.1. The second kappa shape index (κ2) is 11.3. The van der Waals surface area contributed by atoms with E-state index in [0.717, 1.165) is 11.3 Å². The smallest absolute Gasteiger partial charge is 0.293 e. The van der Waals surface area contributed by atoms with Gasteiger partial charge in [0.25, 0.3) is 11.5 Å². The number of carbonyl (C=O) groups excluding carboxylic acids is 1. The fourth-order valence-corrected chi connectivity index (χ4v) is 4.20. The second-order valence-electron chi connectivity index (χ2n) is 8.19. The number of aromatic nitrogens is 4. The number of fused-ring (bicyclic) bond motifs is 1. The molecule has 0 saturated heterocycles. The molecule has 10 nitrogen and oxygen atoms in total. The Morgan fingerprint density at radius 3 is 2.46 bits per heavy atom. The number of anilines is 2. The van der Waals surface area contributed by atoms with Gasteiger partial charge in [-0.3, -0.25) is 9.59 Å². The van der Waals surface area contributed by atoms with E-state index < -0.39 is 11.5 Å². The molecule has 37 heavy (non-hydrogen) atoms. The lowest BCUT2D eigenvalue weighted by Crippen LogP contribution is -2.28. The number of pyridine rings is 2. The van der Waals surface area contributed by atoms with Gasteiger partial charge in [-0.2, -0.15) is 4.98 Å². The number of amides is 1. The maximum absolute atomic E-state index is 13.4. The summed E-state index contributed by atoms with van der Waals surface area (Å²) in [7, 11) is 5.29. The molecule has 0 aliphatic carbocycles. The van der Waals surface area contributed by atoms with Gasteiger partial charge < -0.3 is 20.4 Å². The summed E-state index contributed by atoms with van der Waals surface area (Å²) < 4.78 is 1.08. The number of likely N-dealkylation sites (N-methyl/N-ethyl adjacent to an activating group) is 1. The summed E-state index contributed by atoms with van der Waals surface area (Å²) in [6, 6.07) is 9.19. The molecule has 0 aliphatic rings. The van der Waals surface area contributed by atoms with E-state index in [1.165, 1.54) is 19.2 Å². The predicted octanol–water partition coefficient (Wildman–Crippen LogP) is 4.10. The standard InChI is InChI=1S/C24H22Cl3N7O3/c1-33(2)7-6-28-24-29-12-14-8-17(23(36)34(37-3)21(14)32-24)16-11-15(4-5-18(16)25)30-22(35)13-9-19(26)31-20(27)10-13/h4-5,8-12H,6-7H2,1-3H3,(H,30,35)(H,28,29,32). The van der Waals surface area contributed by atoms with Crippen molar-refractivity contribution in [1.82, 2.24) is 24.6 Å². The van der Waals surface area contributed by atoms with Crippen molar-refractivity contribution in [3.05, 3.63) is 73.8 Å². The van der Waals surface area contributed by atoms with Crippen molar-refractivity contribution in [2.45, 2.75) is 0 Å². The molecule has 0 unspecified atom stereocenters. The van der Waals surface area contributed by atoms with Crippen LogP contribution in [0, 0.1) is 0 Å². The Morgan fingerprint density at radius 1 is 1.05 bits per heavy atom. The first kappa shape index (κ1) is 26.6. The third-order valence-electron chi connectivity index (χ3n) is 5.27. The van der Waals surface area contributed by atoms with Crippen LogP contribution in [0.4, 0.5) is 11.6 Å². The third kappa shape index (κ3) is 6.11. The van der Waals surface area contributed by atoms with E-state index in [1.807, 2.05) is 19.0 Å². The lowest BCUT2D eigenvalue weighted by atomic mass is 10.1. The van der Waals surface area contributed by atoms with Crippen LogP contribution in [0.25, 0.3) is 22.2 Å². The minimum Gasteiger partial charge on any atom is -0.412 e. The Labute approximate surface area is 227 Å². The minimum atomic E-state index is -0.481. The van der Waals surface area contributed by atoms with E-state index in [-0.39, 0.29) is 21.4 Å². The molecule has 1 amide bonds. The van der Waals surface area contributed by atoms with E-state index >= 15 is 0 Å². The van der Waals surface area contributed by atoms with Crippen LogP contribution in [0.1, 0.15) is 10.4 Å². The highest BCUT2D eigenvalue weighted by Gasteiger charge is 2.17. The van der Waals surface area contributed by atoms with Crippen LogP contribution >= 0.6 is 34.8 Å². The number of nitrogens with zero attached hydrogens (tertiary/aromatic N) is 5. The molecule has 0 radical (unpaired) electrons. The largest absolute Gasteiger partial charge is 0.412 e. The maximum Gasteiger partial charge on any atom is 0.293 e. The van der Waals surface area contributed by atoms with E-state index in [2.05, 4.69) is 25.6 Å². The number of benzene rings is 1. The lowest BCUT2D eigenvalue weighted by Gasteiger charge is -2.14. The molecular formula is C24H22Cl3N7O3. The van der Waals surface area contributed by atoms with Crippen molar-refractivity contribution >= 4 is 63.4 Å². The molecule has 13 heteroatoms. The number of halogens is 3. The molecule has 2 N–H and O–H groups in total. The molecule has 1 aromatic carbocycles. The molecule has 3 heterocycles. The van der Waals surface area contributed by atoms with Crippen LogP contribution < -0.4 is 21.0 Å². The SMILES string of the molecule is COn1c(=O)c(-c2cc(NC(=O)c3cc(Cl)nc(Cl)c3)ccc2Cl)cc2cnc(NCCN(C)C)nc21. The Kier molecular flexibility index (Phi) is 8.13. The quantitative estimate of drug-likeness (QED) is 0.309. The molecule has 0 spiro atoms. The molecule has 192 valence electrons. The fourth-order valence-electron chi connectivity index (χ4n) is 3.52. The Hall–Kier alpha value is -3.44. The topological polar surface area (TPSA) is 114 Å². The predicted molar refractivity (Wildman–Crippen MR) is 146 cm³/mol. The Balaban J connectivity index is 1.70. The first-order valence-electron chi connectivity index (χ1n) is 11.0. The van der Waals surface area contributed by atoms with E-state index in [4.69, 9.17) is 39.6 Å². The Bertz CT molecular complexity index is 1520. The highest BCUT2D eigenvalue weighted by Crippen LogP contribution is 2.30. The van der Waals surface area contributed by atoms with Crippen molar-refractivity contribution in [1.29, 1.82) is 0 Å². The van der Waals surface area contributed by atoms with Gasteiger partial charge in [-0.1, -0.05) is 34.8 Å². The average molecular weight is 563 g/mol. The zero-order chi connectivity index (χ0) is 26.7. The molecule has 4 rings (SSSR count). The van der Waals surface area contributed by atoms with Crippen LogP contribution in [0.5, 0.6) is 0 Å². The van der Waals surface area contributed by atoms with Crippen LogP contribution in [0.15, 0.2) is 47.4 Å². The van der Waals surface area contributed by atoms with Gasteiger partial charge in [0.1, 0.15) is 17.4 Å². The van der Waals surface area contributed by atoms with Crippen LogP contribution in [-0.2, 0) is 0 Å². The number of nitrogens with one attached hydrogen (secondary N) is 2. The normalized spacial score (nSPS) is 11.1. The summed E-state index contributed by atoms with van der Waals surface area (Å²) in [5.41, 5.74) is 1.06. The molecule has 4 aromatic rings. The van der Waals surface area contributed by atoms with Crippen molar-refractivity contribution in [3.63, 3.8) is 0 Å². The third-order valence-corrected chi connectivity index (χ3v) is 5.98. The van der Waals surface area contributed by atoms with Gasteiger partial charge in [-0.05, 0) is 50.5 Å². The number of hydrogen-bond donors (Lipinski definition) is 2. The number of hydrogen-bond acceptors (Lipinski definition) is 8. The second-order valence-corrected chi connectivity index (χ2v) is 9.37. The Morgan fingerprint density at radius 2 is 1.78 bits per heavy atom. The summed E-state index contributed by atoms with van der Waals surface area (Å²) >= 11 is 18.3. The minimum absolute atomic E-state index is 0.0870. The molecule has 0 atom stereocenters. The lowest BCUT2D eigenvalue weighted by molar-refractivity contribution is 0.102. The fraction of sp³-hybridized carbons (Fsp3) is 0.208. The summed E-state index contributed by atoms with van der Waals surface area (Å²) in [6.45, 7) is 1.41. The number of carbonyl (C=O) groups is 1. The zero-order valence-corrected chi connectivity index (χ0v) is 22.3. The van der Waals surface area contributed by atoms with E-state index in [9.17, 15) is 9.59 Å². The van der Waals surface area contributed by atoms with E-state index in [0.29, 0.717) is 39.8 Å². The van der Waals surface area contributed by atoms with Crippen molar-refractivity contribution in [2.24, 2.45) is 0 Å². The van der Waals surface area contributed by atoms with Gasteiger partial charge in [0, 0.05) is 46.5 Å². The van der Waals surface area contributed by atoms with Gasteiger partial charge in [0.2, 0.25) is 5.95 Å². The molecule has 0 fully saturated rings. The molecule has 3 aromatic heterocycles. The summed E-state index contributed by atoms with van der Waals surface area (Å²) in [5, 5.41) is 6.91. The van der Waals surface area contributed by atoms with Gasteiger partial charge in [0.05, 0.1) is 5.56 Å². The maximum atomic E-state index is 13.4. The molecule has 0 bridgehead atoms. The summed E-state index contributed by atoms with van der Waals surface area (Å²) in [5.74, 6) is -0.0960. The zero-order valence-electron chi connectivity index (χ0n) is 20.1. The van der Waals surface area contributed by atoms with Gasteiger partial charge >= 0.3 is 0 Å². The van der Waals surface area contributed by atoms with Crippen molar-refractivity contribution in [3.8, 4) is 11.1 Å². The first-order chi connectivity index (χ1) is 17.7.